The summed E-state index contributed by atoms with van der Waals surface area (Å²) in [6.45, 7) is 8.40. The van der Waals surface area contributed by atoms with Crippen LogP contribution in [0.4, 0.5) is 0 Å². The van der Waals surface area contributed by atoms with Gasteiger partial charge in [-0.1, -0.05) is 26.7 Å². The molecule has 1 amide bonds. The smallest absolute Gasteiger partial charge is 0.254 e. The Hall–Kier alpha value is -1.36. The minimum Gasteiger partial charge on any atom is -0.393 e. The number of carbonyl (C=O) groups is 1. The minimum atomic E-state index is -0.362. The molecule has 0 aromatic carbocycles. The van der Waals surface area contributed by atoms with Crippen molar-refractivity contribution in [3.63, 3.8) is 0 Å². The monoisotopic (exact) mass is 307 g/mol. The zero-order valence-corrected chi connectivity index (χ0v) is 14.2. The van der Waals surface area contributed by atoms with Gasteiger partial charge < -0.3 is 10.4 Å². The third kappa shape index (κ3) is 4.09. The molecule has 5 heteroatoms. The first kappa shape index (κ1) is 17.0. The topological polar surface area (TPSA) is 67.2 Å². The summed E-state index contributed by atoms with van der Waals surface area (Å²) in [4.78, 5) is 12.4. The van der Waals surface area contributed by atoms with Crippen LogP contribution in [0.25, 0.3) is 0 Å². The number of aliphatic hydroxyl groups is 1. The lowest BCUT2D eigenvalue weighted by molar-refractivity contribution is 0.0901. The summed E-state index contributed by atoms with van der Waals surface area (Å²) >= 11 is 0. The molecule has 1 aliphatic carbocycles. The summed E-state index contributed by atoms with van der Waals surface area (Å²) < 4.78 is 2.02. The standard InChI is InChI=1S/C17H29N3O2/c1-12(21)9-17(3,4)11-18-16(22)15-10-19-20(13(15)2)14-7-5-6-8-14/h10,12,14,21H,5-9,11H2,1-4H3,(H,18,22). The second kappa shape index (κ2) is 6.82. The lowest BCUT2D eigenvalue weighted by Crippen LogP contribution is -2.35. The molecule has 2 N–H and O–H groups in total. The van der Waals surface area contributed by atoms with E-state index in [4.69, 9.17) is 0 Å². The van der Waals surface area contributed by atoms with Gasteiger partial charge >= 0.3 is 0 Å². The third-order valence-electron chi connectivity index (χ3n) is 4.54. The van der Waals surface area contributed by atoms with E-state index < -0.39 is 0 Å². The number of hydrogen-bond acceptors (Lipinski definition) is 3. The zero-order chi connectivity index (χ0) is 16.3. The zero-order valence-electron chi connectivity index (χ0n) is 14.2. The van der Waals surface area contributed by atoms with Crippen LogP contribution in [0.2, 0.25) is 0 Å². The fourth-order valence-electron chi connectivity index (χ4n) is 3.45. The van der Waals surface area contributed by atoms with Crippen molar-refractivity contribution in [2.24, 2.45) is 5.41 Å². The van der Waals surface area contributed by atoms with Gasteiger partial charge in [-0.2, -0.15) is 5.10 Å². The number of nitrogens with one attached hydrogen (secondary N) is 1. The molecule has 1 fully saturated rings. The van der Waals surface area contributed by atoms with Gasteiger partial charge in [0.05, 0.1) is 23.9 Å². The van der Waals surface area contributed by atoms with Crippen LogP contribution in [0.1, 0.15) is 75.0 Å². The highest BCUT2D eigenvalue weighted by Crippen LogP contribution is 2.30. The maximum Gasteiger partial charge on any atom is 0.254 e. The third-order valence-corrected chi connectivity index (χ3v) is 4.54. The van der Waals surface area contributed by atoms with Crippen molar-refractivity contribution < 1.29 is 9.90 Å². The lowest BCUT2D eigenvalue weighted by atomic mass is 9.87. The Bertz CT molecular complexity index is 514. The highest BCUT2D eigenvalue weighted by Gasteiger charge is 2.25. The molecule has 1 aromatic heterocycles. The van der Waals surface area contributed by atoms with E-state index in [-0.39, 0.29) is 17.4 Å². The number of aliphatic hydroxyl groups excluding tert-OH is 1. The molecule has 1 aliphatic rings. The van der Waals surface area contributed by atoms with Crippen molar-refractivity contribution in [1.82, 2.24) is 15.1 Å². The van der Waals surface area contributed by atoms with Crippen LogP contribution >= 0.6 is 0 Å². The fraction of sp³-hybridized carbons (Fsp3) is 0.765. The molecule has 1 aromatic rings. The van der Waals surface area contributed by atoms with Gasteiger partial charge in [-0.15, -0.1) is 0 Å². The van der Waals surface area contributed by atoms with Crippen LogP contribution in [0, 0.1) is 12.3 Å². The first-order chi connectivity index (χ1) is 10.3. The molecule has 0 radical (unpaired) electrons. The Morgan fingerprint density at radius 2 is 2.14 bits per heavy atom. The predicted molar refractivity (Wildman–Crippen MR) is 86.9 cm³/mol. The molecular formula is C17H29N3O2. The molecule has 2 rings (SSSR count). The van der Waals surface area contributed by atoms with Crippen molar-refractivity contribution >= 4 is 5.91 Å². The summed E-state index contributed by atoms with van der Waals surface area (Å²) in [6, 6.07) is 0.452. The van der Waals surface area contributed by atoms with Crippen molar-refractivity contribution in [2.45, 2.75) is 71.9 Å². The number of amides is 1. The van der Waals surface area contributed by atoms with Gasteiger partial charge in [0.25, 0.3) is 5.91 Å². The van der Waals surface area contributed by atoms with Gasteiger partial charge in [0.1, 0.15) is 0 Å². The van der Waals surface area contributed by atoms with E-state index in [2.05, 4.69) is 24.3 Å². The van der Waals surface area contributed by atoms with Crippen molar-refractivity contribution in [3.8, 4) is 0 Å². The van der Waals surface area contributed by atoms with Gasteiger partial charge in [-0.3, -0.25) is 9.48 Å². The van der Waals surface area contributed by atoms with Gasteiger partial charge in [-0.05, 0) is 38.5 Å². The maximum atomic E-state index is 12.4. The summed E-state index contributed by atoms with van der Waals surface area (Å²) in [5.41, 5.74) is 1.50. The predicted octanol–water partition coefficient (Wildman–Crippen LogP) is 2.83. The summed E-state index contributed by atoms with van der Waals surface area (Å²) in [7, 11) is 0. The van der Waals surface area contributed by atoms with E-state index in [0.717, 1.165) is 18.5 Å². The lowest BCUT2D eigenvalue weighted by Gasteiger charge is -2.26. The number of nitrogens with zero attached hydrogens (tertiary/aromatic N) is 2. The Morgan fingerprint density at radius 3 is 2.73 bits per heavy atom. The number of aromatic nitrogens is 2. The van der Waals surface area contributed by atoms with Gasteiger partial charge in [0, 0.05) is 12.2 Å². The van der Waals surface area contributed by atoms with Crippen LogP contribution in [0.15, 0.2) is 6.20 Å². The van der Waals surface area contributed by atoms with E-state index in [1.54, 1.807) is 13.1 Å². The second-order valence-corrected chi connectivity index (χ2v) is 7.43. The molecule has 0 saturated heterocycles. The SMILES string of the molecule is Cc1c(C(=O)NCC(C)(C)CC(C)O)cnn1C1CCCC1. The first-order valence-corrected chi connectivity index (χ1v) is 8.30. The molecule has 5 nitrogen and oxygen atoms in total. The van der Waals surface area contributed by atoms with E-state index in [1.807, 2.05) is 11.6 Å². The molecule has 1 heterocycles. The van der Waals surface area contributed by atoms with E-state index >= 15 is 0 Å². The molecule has 22 heavy (non-hydrogen) atoms. The minimum absolute atomic E-state index is 0.0691. The number of carbonyl (C=O) groups excluding carboxylic acids is 1. The number of rotatable bonds is 6. The molecule has 0 aliphatic heterocycles. The molecule has 124 valence electrons. The van der Waals surface area contributed by atoms with Gasteiger partial charge in [-0.25, -0.2) is 0 Å². The Balaban J connectivity index is 1.98. The van der Waals surface area contributed by atoms with Crippen LogP contribution in [-0.2, 0) is 0 Å². The Kier molecular flexibility index (Phi) is 5.27. The number of hydrogen-bond donors (Lipinski definition) is 2. The molecule has 0 spiro atoms. The molecule has 0 bridgehead atoms. The van der Waals surface area contributed by atoms with Crippen LogP contribution in [0.3, 0.4) is 0 Å². The fourth-order valence-corrected chi connectivity index (χ4v) is 3.45. The average Bonchev–Trinajstić information content (AvgIpc) is 3.03. The van der Waals surface area contributed by atoms with Gasteiger partial charge in [0.15, 0.2) is 0 Å². The quantitative estimate of drug-likeness (QED) is 0.849. The maximum absolute atomic E-state index is 12.4. The van der Waals surface area contributed by atoms with E-state index in [1.165, 1.54) is 12.8 Å². The summed E-state index contributed by atoms with van der Waals surface area (Å²) in [5, 5.41) is 16.9. The largest absolute Gasteiger partial charge is 0.393 e. The van der Waals surface area contributed by atoms with Crippen molar-refractivity contribution in [3.05, 3.63) is 17.5 Å². The summed E-state index contributed by atoms with van der Waals surface area (Å²) in [6.07, 6.45) is 6.80. The molecule has 1 unspecified atom stereocenters. The van der Waals surface area contributed by atoms with Gasteiger partial charge in [0.2, 0.25) is 0 Å². The van der Waals surface area contributed by atoms with Crippen LogP contribution in [0.5, 0.6) is 0 Å². The van der Waals surface area contributed by atoms with Crippen molar-refractivity contribution in [1.29, 1.82) is 0 Å². The Morgan fingerprint density at radius 1 is 1.50 bits per heavy atom. The molecular weight excluding hydrogens is 278 g/mol. The van der Waals surface area contributed by atoms with Crippen LogP contribution < -0.4 is 5.32 Å². The molecule has 1 saturated carbocycles. The van der Waals surface area contributed by atoms with E-state index in [9.17, 15) is 9.90 Å². The van der Waals surface area contributed by atoms with Crippen molar-refractivity contribution in [2.75, 3.05) is 6.54 Å². The highest BCUT2D eigenvalue weighted by atomic mass is 16.3. The normalized spacial score (nSPS) is 17.7. The second-order valence-electron chi connectivity index (χ2n) is 7.43. The van der Waals surface area contributed by atoms with E-state index in [0.29, 0.717) is 24.6 Å². The highest BCUT2D eigenvalue weighted by molar-refractivity contribution is 5.95. The van der Waals surface area contributed by atoms with Crippen LogP contribution in [-0.4, -0.2) is 33.4 Å². The Labute approximate surface area is 133 Å². The average molecular weight is 307 g/mol. The molecule has 1 atom stereocenters. The summed E-state index contributed by atoms with van der Waals surface area (Å²) in [5.74, 6) is -0.0691. The first-order valence-electron chi connectivity index (χ1n) is 8.30.